The van der Waals surface area contributed by atoms with Crippen LogP contribution < -0.4 is 18.9 Å². The molecule has 1 aliphatic rings. The molecule has 1 heteroatoms. The van der Waals surface area contributed by atoms with Crippen LogP contribution in [0.3, 0.4) is 0 Å². The minimum absolute atomic E-state index is 0. The molecular weight excluding hydrogens is 103 g/mol. The van der Waals surface area contributed by atoms with Crippen molar-refractivity contribution in [2.24, 2.45) is 0 Å². The van der Waals surface area contributed by atoms with Crippen LogP contribution in [-0.2, 0) is 0 Å². The molecular formula is C8H15Li. The fourth-order valence-corrected chi connectivity index (χ4v) is 1.25. The number of hydrogen-bond donors (Lipinski definition) is 0. The fourth-order valence-electron chi connectivity index (χ4n) is 1.25. The van der Waals surface area contributed by atoms with Crippen LogP contribution in [0.4, 0.5) is 0 Å². The first-order chi connectivity index (χ1) is 4.00. The van der Waals surface area contributed by atoms with Gasteiger partial charge in [0.2, 0.25) is 0 Å². The number of hydrogen-bond acceptors (Lipinski definition) is 0. The molecule has 0 atom stereocenters. The van der Waals surface area contributed by atoms with Gasteiger partial charge in [-0.15, -0.1) is 0 Å². The third-order valence-corrected chi connectivity index (χ3v) is 1.82. The van der Waals surface area contributed by atoms with E-state index < -0.39 is 0 Å². The Morgan fingerprint density at radius 2 is 1.11 bits per heavy atom. The van der Waals surface area contributed by atoms with E-state index in [9.17, 15) is 0 Å². The second kappa shape index (κ2) is 6.71. The smallest absolute Gasteiger partial charge is 0.328 e. The fraction of sp³-hybridized carbons (Fsp3) is 0.875. The van der Waals surface area contributed by atoms with E-state index in [1.165, 1.54) is 44.9 Å². The molecule has 0 unspecified atom stereocenters. The van der Waals surface area contributed by atoms with E-state index in [-0.39, 0.29) is 18.9 Å². The molecule has 0 spiro atoms. The SMILES string of the molecule is [CH-]1CCCCCCC1.[Li+]. The predicted molar refractivity (Wildman–Crippen MR) is 36.6 cm³/mol. The van der Waals surface area contributed by atoms with Crippen molar-refractivity contribution in [2.75, 3.05) is 0 Å². The van der Waals surface area contributed by atoms with Crippen LogP contribution in [0.5, 0.6) is 0 Å². The quantitative estimate of drug-likeness (QED) is 0.309. The van der Waals surface area contributed by atoms with Gasteiger partial charge < -0.3 is 6.42 Å². The van der Waals surface area contributed by atoms with Crippen molar-refractivity contribution in [3.05, 3.63) is 6.42 Å². The van der Waals surface area contributed by atoms with Gasteiger partial charge in [0, 0.05) is 0 Å². The Labute approximate surface area is 70.6 Å². The molecule has 0 radical (unpaired) electrons. The Morgan fingerprint density at radius 1 is 0.667 bits per heavy atom. The second-order valence-corrected chi connectivity index (χ2v) is 2.63. The third-order valence-electron chi connectivity index (χ3n) is 1.82. The third kappa shape index (κ3) is 5.06. The summed E-state index contributed by atoms with van der Waals surface area (Å²) in [6.45, 7) is 0. The van der Waals surface area contributed by atoms with Gasteiger partial charge in [-0.3, -0.25) is 0 Å². The summed E-state index contributed by atoms with van der Waals surface area (Å²) in [4.78, 5) is 0. The minimum atomic E-state index is 0. The molecule has 0 N–H and O–H groups in total. The molecule has 1 aliphatic carbocycles. The molecule has 9 heavy (non-hydrogen) atoms. The van der Waals surface area contributed by atoms with Crippen LogP contribution in [0.25, 0.3) is 0 Å². The van der Waals surface area contributed by atoms with Crippen molar-refractivity contribution >= 4 is 0 Å². The van der Waals surface area contributed by atoms with Crippen LogP contribution in [0.1, 0.15) is 44.9 Å². The molecule has 1 saturated carbocycles. The first-order valence-corrected chi connectivity index (χ1v) is 3.82. The molecule has 0 amide bonds. The summed E-state index contributed by atoms with van der Waals surface area (Å²) in [5.74, 6) is 0. The average molecular weight is 118 g/mol. The molecule has 0 nitrogen and oxygen atoms in total. The summed E-state index contributed by atoms with van der Waals surface area (Å²) in [5.41, 5.74) is 0. The normalized spacial score (nSPS) is 21.3. The molecule has 0 aromatic rings. The molecule has 48 valence electrons. The van der Waals surface area contributed by atoms with Crippen LogP contribution in [0.2, 0.25) is 0 Å². The van der Waals surface area contributed by atoms with E-state index in [0.29, 0.717) is 0 Å². The first-order valence-electron chi connectivity index (χ1n) is 3.82. The maximum absolute atomic E-state index is 2.44. The van der Waals surface area contributed by atoms with E-state index in [2.05, 4.69) is 6.42 Å². The summed E-state index contributed by atoms with van der Waals surface area (Å²) >= 11 is 0. The summed E-state index contributed by atoms with van der Waals surface area (Å²) in [5, 5.41) is 0. The van der Waals surface area contributed by atoms with E-state index in [1.54, 1.807) is 0 Å². The van der Waals surface area contributed by atoms with Crippen molar-refractivity contribution < 1.29 is 18.9 Å². The van der Waals surface area contributed by atoms with E-state index in [1.807, 2.05) is 0 Å². The standard InChI is InChI=1S/C8H15.Li/c1-2-4-6-8-7-5-3-1;/h1H,2-8H2;/q-1;+1. The Bertz CT molecular complexity index is 28.5. The molecule has 0 aliphatic heterocycles. The van der Waals surface area contributed by atoms with Gasteiger partial charge in [-0.05, 0) is 0 Å². The second-order valence-electron chi connectivity index (χ2n) is 2.63. The zero-order chi connectivity index (χ0) is 5.66. The van der Waals surface area contributed by atoms with Crippen molar-refractivity contribution in [1.29, 1.82) is 0 Å². The summed E-state index contributed by atoms with van der Waals surface area (Å²) < 4.78 is 0. The molecule has 0 aromatic carbocycles. The predicted octanol–water partition coefficient (Wildman–Crippen LogP) is -0.0610. The van der Waals surface area contributed by atoms with Crippen molar-refractivity contribution in [1.82, 2.24) is 0 Å². The Kier molecular flexibility index (Phi) is 7.16. The summed E-state index contributed by atoms with van der Waals surface area (Å²) in [7, 11) is 0. The summed E-state index contributed by atoms with van der Waals surface area (Å²) in [6.07, 6.45) is 12.5. The molecule has 0 heterocycles. The van der Waals surface area contributed by atoms with Gasteiger partial charge in [-0.1, -0.05) is 32.1 Å². The maximum atomic E-state index is 2.44. The Balaban J connectivity index is 0.000000640. The minimum Gasteiger partial charge on any atom is -0.328 e. The van der Waals surface area contributed by atoms with Gasteiger partial charge in [0.05, 0.1) is 0 Å². The van der Waals surface area contributed by atoms with Crippen LogP contribution in [0, 0.1) is 6.42 Å². The van der Waals surface area contributed by atoms with Gasteiger partial charge in [0.25, 0.3) is 0 Å². The van der Waals surface area contributed by atoms with Gasteiger partial charge in [0.15, 0.2) is 0 Å². The van der Waals surface area contributed by atoms with Crippen LogP contribution in [0.15, 0.2) is 0 Å². The Hall–Kier alpha value is 0.597. The van der Waals surface area contributed by atoms with Crippen molar-refractivity contribution in [3.8, 4) is 0 Å². The van der Waals surface area contributed by atoms with E-state index >= 15 is 0 Å². The molecule has 1 fully saturated rings. The van der Waals surface area contributed by atoms with Gasteiger partial charge >= 0.3 is 18.9 Å². The molecule has 1 rings (SSSR count). The summed E-state index contributed by atoms with van der Waals surface area (Å²) in [6, 6.07) is 0. The average Bonchev–Trinajstić information content (AvgIpc) is 1.62. The van der Waals surface area contributed by atoms with Gasteiger partial charge in [-0.2, -0.15) is 12.8 Å². The molecule has 0 saturated heterocycles. The first kappa shape index (κ1) is 9.60. The van der Waals surface area contributed by atoms with Crippen molar-refractivity contribution in [2.45, 2.75) is 44.9 Å². The number of rotatable bonds is 0. The molecule has 0 bridgehead atoms. The molecule has 0 aromatic heterocycles. The maximum Gasteiger partial charge on any atom is 1.00 e. The van der Waals surface area contributed by atoms with Gasteiger partial charge in [-0.25, -0.2) is 0 Å². The topological polar surface area (TPSA) is 0 Å². The zero-order valence-corrected chi connectivity index (χ0v) is 6.53. The Morgan fingerprint density at radius 3 is 1.67 bits per heavy atom. The monoisotopic (exact) mass is 118 g/mol. The van der Waals surface area contributed by atoms with E-state index in [4.69, 9.17) is 0 Å². The zero-order valence-electron chi connectivity index (χ0n) is 6.53. The van der Waals surface area contributed by atoms with Crippen LogP contribution in [-0.4, -0.2) is 0 Å². The van der Waals surface area contributed by atoms with Crippen LogP contribution >= 0.6 is 0 Å². The van der Waals surface area contributed by atoms with Crippen molar-refractivity contribution in [3.63, 3.8) is 0 Å². The van der Waals surface area contributed by atoms with Gasteiger partial charge in [0.1, 0.15) is 0 Å². The largest absolute Gasteiger partial charge is 1.00 e. The van der Waals surface area contributed by atoms with E-state index in [0.717, 1.165) is 0 Å².